The quantitative estimate of drug-likeness (QED) is 0.845. The summed E-state index contributed by atoms with van der Waals surface area (Å²) in [7, 11) is 3.70. The lowest BCUT2D eigenvalue weighted by atomic mass is 10.0. The lowest BCUT2D eigenvalue weighted by Gasteiger charge is -2.32. The van der Waals surface area contributed by atoms with Crippen molar-refractivity contribution >= 4 is 5.69 Å². The summed E-state index contributed by atoms with van der Waals surface area (Å²) in [6, 6.07) is 6.32. The first-order valence-corrected chi connectivity index (χ1v) is 6.66. The normalized spacial score (nSPS) is 14.3. The summed E-state index contributed by atoms with van der Waals surface area (Å²) in [6.07, 6.45) is 6.34. The maximum atomic E-state index is 5.52. The molecule has 4 heteroatoms. The molecule has 2 heterocycles. The summed E-state index contributed by atoms with van der Waals surface area (Å²) >= 11 is 0. The molecular formula is C15H19N3O. The third-order valence-corrected chi connectivity index (χ3v) is 3.62. The number of aryl methyl sites for hydroxylation is 2. The predicted molar refractivity (Wildman–Crippen MR) is 75.6 cm³/mol. The fraction of sp³-hybridized carbons (Fsp3) is 0.400. The second kappa shape index (κ2) is 4.96. The Balaban J connectivity index is 1.93. The average Bonchev–Trinajstić information content (AvgIpc) is 2.84. The average molecular weight is 257 g/mol. The molecule has 4 nitrogen and oxygen atoms in total. The molecule has 100 valence electrons. The second-order valence-corrected chi connectivity index (χ2v) is 5.02. The summed E-state index contributed by atoms with van der Waals surface area (Å²) in [6.45, 7) is 1.96. The zero-order valence-electron chi connectivity index (χ0n) is 11.5. The van der Waals surface area contributed by atoms with Gasteiger partial charge in [-0.05, 0) is 24.5 Å². The Labute approximate surface area is 113 Å². The molecule has 1 aromatic carbocycles. The van der Waals surface area contributed by atoms with Crippen LogP contribution in [0.15, 0.2) is 30.6 Å². The molecule has 0 spiro atoms. The van der Waals surface area contributed by atoms with E-state index in [1.807, 2.05) is 24.0 Å². The van der Waals surface area contributed by atoms with Crippen LogP contribution in [-0.2, 0) is 20.0 Å². The van der Waals surface area contributed by atoms with Crippen molar-refractivity contribution in [3.63, 3.8) is 0 Å². The minimum absolute atomic E-state index is 0.890. The summed E-state index contributed by atoms with van der Waals surface area (Å²) in [5.74, 6) is 0.973. The molecule has 0 radical (unpaired) electrons. The fourth-order valence-corrected chi connectivity index (χ4v) is 2.80. The SMILES string of the molecule is COc1cccc2c1N(Cc1cnn(C)c1)CCC2. The number of hydrogen-bond acceptors (Lipinski definition) is 3. The van der Waals surface area contributed by atoms with Gasteiger partial charge in [-0.2, -0.15) is 5.10 Å². The molecule has 0 unspecified atom stereocenters. The van der Waals surface area contributed by atoms with E-state index < -0.39 is 0 Å². The van der Waals surface area contributed by atoms with E-state index in [0.29, 0.717) is 0 Å². The number of para-hydroxylation sites is 1. The van der Waals surface area contributed by atoms with Crippen LogP contribution < -0.4 is 9.64 Å². The van der Waals surface area contributed by atoms with Gasteiger partial charge < -0.3 is 9.64 Å². The van der Waals surface area contributed by atoms with Gasteiger partial charge in [-0.15, -0.1) is 0 Å². The number of fused-ring (bicyclic) bond motifs is 1. The van der Waals surface area contributed by atoms with Crippen LogP contribution in [0.2, 0.25) is 0 Å². The van der Waals surface area contributed by atoms with Crippen molar-refractivity contribution in [2.75, 3.05) is 18.6 Å². The summed E-state index contributed by atoms with van der Waals surface area (Å²) in [4.78, 5) is 2.40. The first-order chi connectivity index (χ1) is 9.28. The number of benzene rings is 1. The highest BCUT2D eigenvalue weighted by atomic mass is 16.5. The van der Waals surface area contributed by atoms with Crippen molar-refractivity contribution in [2.24, 2.45) is 7.05 Å². The van der Waals surface area contributed by atoms with Crippen LogP contribution >= 0.6 is 0 Å². The van der Waals surface area contributed by atoms with Gasteiger partial charge in [0.15, 0.2) is 0 Å². The van der Waals surface area contributed by atoms with E-state index in [2.05, 4.69) is 28.3 Å². The molecule has 19 heavy (non-hydrogen) atoms. The van der Waals surface area contributed by atoms with Crippen molar-refractivity contribution in [3.8, 4) is 5.75 Å². The standard InChI is InChI=1S/C15H19N3O/c1-17-10-12(9-16-17)11-18-8-4-6-13-5-3-7-14(19-2)15(13)18/h3,5,7,9-10H,4,6,8,11H2,1-2H3. The molecule has 0 saturated carbocycles. The van der Waals surface area contributed by atoms with E-state index >= 15 is 0 Å². The Morgan fingerprint density at radius 3 is 3.00 bits per heavy atom. The molecule has 0 N–H and O–H groups in total. The summed E-state index contributed by atoms with van der Waals surface area (Å²) < 4.78 is 7.37. The number of ether oxygens (including phenoxy) is 1. The molecule has 1 aliphatic rings. The van der Waals surface area contributed by atoms with Crippen molar-refractivity contribution in [3.05, 3.63) is 41.7 Å². The van der Waals surface area contributed by atoms with Gasteiger partial charge in [0, 0.05) is 31.9 Å². The molecule has 0 fully saturated rings. The molecule has 1 aliphatic heterocycles. The van der Waals surface area contributed by atoms with Gasteiger partial charge in [-0.3, -0.25) is 4.68 Å². The van der Waals surface area contributed by atoms with Gasteiger partial charge >= 0.3 is 0 Å². The number of hydrogen-bond donors (Lipinski definition) is 0. The first kappa shape index (κ1) is 12.1. The zero-order valence-corrected chi connectivity index (χ0v) is 11.5. The number of rotatable bonds is 3. The number of anilines is 1. The minimum Gasteiger partial charge on any atom is -0.495 e. The van der Waals surface area contributed by atoms with Crippen LogP contribution in [0.1, 0.15) is 17.5 Å². The first-order valence-electron chi connectivity index (χ1n) is 6.66. The Hall–Kier alpha value is -1.97. The van der Waals surface area contributed by atoms with Gasteiger partial charge in [0.1, 0.15) is 5.75 Å². The molecule has 1 aromatic heterocycles. The second-order valence-electron chi connectivity index (χ2n) is 5.02. The van der Waals surface area contributed by atoms with Gasteiger partial charge in [0.25, 0.3) is 0 Å². The summed E-state index contributed by atoms with van der Waals surface area (Å²) in [5.41, 5.74) is 3.87. The fourth-order valence-electron chi connectivity index (χ4n) is 2.80. The summed E-state index contributed by atoms with van der Waals surface area (Å²) in [5, 5.41) is 4.24. The van der Waals surface area contributed by atoms with E-state index in [1.165, 1.54) is 23.2 Å². The van der Waals surface area contributed by atoms with E-state index in [0.717, 1.165) is 25.3 Å². The Bertz CT molecular complexity index is 562. The van der Waals surface area contributed by atoms with E-state index in [1.54, 1.807) is 7.11 Å². The van der Waals surface area contributed by atoms with Crippen molar-refractivity contribution < 1.29 is 4.74 Å². The van der Waals surface area contributed by atoms with Crippen LogP contribution in [0.3, 0.4) is 0 Å². The number of aromatic nitrogens is 2. The molecule has 0 saturated heterocycles. The maximum absolute atomic E-state index is 5.52. The van der Waals surface area contributed by atoms with Crippen LogP contribution in [0, 0.1) is 0 Å². The van der Waals surface area contributed by atoms with E-state index in [-0.39, 0.29) is 0 Å². The monoisotopic (exact) mass is 257 g/mol. The Morgan fingerprint density at radius 2 is 2.26 bits per heavy atom. The smallest absolute Gasteiger partial charge is 0.142 e. The molecule has 0 bridgehead atoms. The van der Waals surface area contributed by atoms with Gasteiger partial charge in [-0.1, -0.05) is 12.1 Å². The van der Waals surface area contributed by atoms with Crippen LogP contribution in [-0.4, -0.2) is 23.4 Å². The van der Waals surface area contributed by atoms with Gasteiger partial charge in [-0.25, -0.2) is 0 Å². The Morgan fingerprint density at radius 1 is 1.37 bits per heavy atom. The van der Waals surface area contributed by atoms with E-state index in [4.69, 9.17) is 4.74 Å². The van der Waals surface area contributed by atoms with Crippen molar-refractivity contribution in [1.82, 2.24) is 9.78 Å². The topological polar surface area (TPSA) is 30.3 Å². The third kappa shape index (κ3) is 2.30. The lowest BCUT2D eigenvalue weighted by Crippen LogP contribution is -2.29. The predicted octanol–water partition coefficient (Wildman–Crippen LogP) is 2.38. The van der Waals surface area contributed by atoms with Gasteiger partial charge in [0.2, 0.25) is 0 Å². The van der Waals surface area contributed by atoms with Crippen LogP contribution in [0.4, 0.5) is 5.69 Å². The van der Waals surface area contributed by atoms with Crippen molar-refractivity contribution in [1.29, 1.82) is 0 Å². The minimum atomic E-state index is 0.890. The molecule has 0 amide bonds. The maximum Gasteiger partial charge on any atom is 0.142 e. The van der Waals surface area contributed by atoms with Crippen LogP contribution in [0.25, 0.3) is 0 Å². The zero-order chi connectivity index (χ0) is 13.2. The molecule has 0 aliphatic carbocycles. The Kier molecular flexibility index (Phi) is 3.15. The number of nitrogens with zero attached hydrogens (tertiary/aromatic N) is 3. The number of methoxy groups -OCH3 is 1. The molecule has 2 aromatic rings. The molecular weight excluding hydrogens is 238 g/mol. The largest absolute Gasteiger partial charge is 0.495 e. The highest BCUT2D eigenvalue weighted by molar-refractivity contribution is 5.65. The van der Waals surface area contributed by atoms with Gasteiger partial charge in [0.05, 0.1) is 19.0 Å². The molecule has 0 atom stereocenters. The molecule has 3 rings (SSSR count). The van der Waals surface area contributed by atoms with E-state index in [9.17, 15) is 0 Å². The highest BCUT2D eigenvalue weighted by Gasteiger charge is 2.21. The third-order valence-electron chi connectivity index (χ3n) is 3.62. The lowest BCUT2D eigenvalue weighted by molar-refractivity contribution is 0.412. The highest BCUT2D eigenvalue weighted by Crippen LogP contribution is 2.36. The van der Waals surface area contributed by atoms with Crippen LogP contribution in [0.5, 0.6) is 5.75 Å². The van der Waals surface area contributed by atoms with Crippen molar-refractivity contribution in [2.45, 2.75) is 19.4 Å².